The third-order valence-corrected chi connectivity index (χ3v) is 2.08. The zero-order valence-electron chi connectivity index (χ0n) is 11.1. The second-order valence-electron chi connectivity index (χ2n) is 3.42. The van der Waals surface area contributed by atoms with E-state index in [1.807, 2.05) is 0 Å². The smallest absolute Gasteiger partial charge is 0 e. The summed E-state index contributed by atoms with van der Waals surface area (Å²) in [5.74, 6) is -28.1. The van der Waals surface area contributed by atoms with Crippen LogP contribution in [0, 0.1) is 43.6 Å². The Morgan fingerprint density at radius 1 is 0.760 bits per heavy atom. The van der Waals surface area contributed by atoms with Gasteiger partial charge in [-0.15, -0.1) is 0 Å². The Balaban J connectivity index is -0.000000404. The molecular weight excluding hydrogens is 415 g/mol. The van der Waals surface area contributed by atoms with Gasteiger partial charge in [-0.3, -0.25) is 0 Å². The summed E-state index contributed by atoms with van der Waals surface area (Å²) in [7, 11) is 0. The monoisotopic (exact) mass is 416 g/mol. The van der Waals surface area contributed by atoms with Gasteiger partial charge >= 0.3 is 40.4 Å². The standard InChI is InChI=1S/C6F9.C5H.2CO.Fe/c7-2-1-3(8,9)5(12,13)6(14,15)4(2,10)11;1-2-4-5-3-1;2*1-2;/h;1H;;;/q-1;-5;;;. The minimum Gasteiger partial charge on any atom is -0.999 e. The van der Waals surface area contributed by atoms with Crippen LogP contribution in [0.25, 0.3) is 0 Å². The van der Waals surface area contributed by atoms with E-state index < -0.39 is 29.5 Å². The third-order valence-electron chi connectivity index (χ3n) is 2.08. The van der Waals surface area contributed by atoms with E-state index in [0.29, 0.717) is 0 Å². The minimum absolute atomic E-state index is 0. The topological polar surface area (TPSA) is 39.8 Å². The molecule has 2 nitrogen and oxygen atoms in total. The van der Waals surface area contributed by atoms with Gasteiger partial charge in [0.2, 0.25) is 0 Å². The summed E-state index contributed by atoms with van der Waals surface area (Å²) in [5.41, 5.74) is 0. The molecule has 0 spiro atoms. The summed E-state index contributed by atoms with van der Waals surface area (Å²) < 4.78 is 125. The van der Waals surface area contributed by atoms with Crippen LogP contribution in [0.3, 0.4) is 0 Å². The molecule has 0 saturated carbocycles. The first-order valence-corrected chi connectivity index (χ1v) is 4.94. The second kappa shape index (κ2) is 10.5. The van der Waals surface area contributed by atoms with E-state index in [1.54, 1.807) is 6.07 Å². The number of hydrogen-bond donors (Lipinski definition) is 0. The van der Waals surface area contributed by atoms with Crippen molar-refractivity contribution in [1.82, 2.24) is 0 Å². The Labute approximate surface area is 146 Å². The molecule has 0 N–H and O–H groups in total. The molecule has 1 aliphatic carbocycles. The zero-order valence-corrected chi connectivity index (χ0v) is 12.3. The zero-order chi connectivity index (χ0) is 19.8. The first-order chi connectivity index (χ1) is 10.9. The van der Waals surface area contributed by atoms with Gasteiger partial charge < -0.3 is 36.4 Å². The molecule has 0 radical (unpaired) electrons. The second-order valence-corrected chi connectivity index (χ2v) is 3.42. The summed E-state index contributed by atoms with van der Waals surface area (Å²) in [6, 6.07) is 12.0. The Morgan fingerprint density at radius 3 is 1.40 bits per heavy atom. The Bertz CT molecular complexity index is 539. The van der Waals surface area contributed by atoms with E-state index in [0.717, 1.165) is 0 Å². The van der Waals surface area contributed by atoms with Gasteiger partial charge in [-0.05, 0) is 5.83 Å². The quantitative estimate of drug-likeness (QED) is 0.268. The number of allylic oxidation sites excluding steroid dienone is 2. The Hall–Kier alpha value is -1.54. The van der Waals surface area contributed by atoms with Crippen molar-refractivity contribution in [3.05, 3.63) is 55.5 Å². The van der Waals surface area contributed by atoms with Gasteiger partial charge in [0.25, 0.3) is 0 Å². The van der Waals surface area contributed by atoms with Crippen molar-refractivity contribution in [3.8, 4) is 0 Å². The summed E-state index contributed by atoms with van der Waals surface area (Å²) in [4.78, 5) is 0. The molecule has 0 heterocycles. The van der Waals surface area contributed by atoms with Crippen molar-refractivity contribution < 1.29 is 65.9 Å². The van der Waals surface area contributed by atoms with E-state index in [2.05, 4.69) is 37.6 Å². The number of rotatable bonds is 0. The predicted molar refractivity (Wildman–Crippen MR) is 52.9 cm³/mol. The molecule has 0 aliphatic heterocycles. The molecule has 0 amide bonds. The van der Waals surface area contributed by atoms with E-state index in [1.165, 1.54) is 0 Å². The van der Waals surface area contributed by atoms with Crippen molar-refractivity contribution in [1.29, 1.82) is 0 Å². The van der Waals surface area contributed by atoms with E-state index in [4.69, 9.17) is 9.30 Å². The van der Waals surface area contributed by atoms with Crippen LogP contribution >= 0.6 is 0 Å². The first-order valence-electron chi connectivity index (χ1n) is 4.94. The molecule has 1 aliphatic rings. The normalized spacial score (nSPS) is 20.3. The molecule has 0 saturated heterocycles. The van der Waals surface area contributed by atoms with Gasteiger partial charge in [0.1, 0.15) is 0 Å². The van der Waals surface area contributed by atoms with Crippen molar-refractivity contribution in [2.24, 2.45) is 0 Å². The summed E-state index contributed by atoms with van der Waals surface area (Å²) in [6.07, 6.45) is -0.272. The molecule has 0 atom stereocenters. The fourth-order valence-electron chi connectivity index (χ4n) is 1.01. The van der Waals surface area contributed by atoms with Crippen LogP contribution < -0.4 is 0 Å². The van der Waals surface area contributed by atoms with Crippen LogP contribution in [0.15, 0.2) is 11.9 Å². The molecule has 0 bridgehead atoms. The average Bonchev–Trinajstić information content (AvgIpc) is 3.09. The molecule has 2 rings (SSSR count). The van der Waals surface area contributed by atoms with Crippen molar-refractivity contribution >= 4 is 0 Å². The van der Waals surface area contributed by atoms with E-state index in [-0.39, 0.29) is 23.1 Å². The van der Waals surface area contributed by atoms with Crippen LogP contribution in [0.5, 0.6) is 0 Å². The Kier molecular flexibility index (Phi) is 11.8. The third kappa shape index (κ3) is 5.47. The van der Waals surface area contributed by atoms with Gasteiger partial charge in [0.15, 0.2) is 5.92 Å². The molecule has 142 valence electrons. The van der Waals surface area contributed by atoms with Gasteiger partial charge in [-0.25, -0.2) is 13.2 Å². The maximum Gasteiger partial charge on any atom is 0 e. The molecule has 1 aromatic carbocycles. The van der Waals surface area contributed by atoms with Crippen molar-refractivity contribution in [2.45, 2.75) is 23.7 Å². The van der Waals surface area contributed by atoms with Gasteiger partial charge in [0, 0.05) is 17.1 Å². The fourth-order valence-corrected chi connectivity index (χ4v) is 1.01. The minimum atomic E-state index is -6.52. The first kappa shape index (κ1) is 28.3. The predicted octanol–water partition coefficient (Wildman–Crippen LogP) is 3.73. The molecule has 0 fully saturated rings. The molecule has 1 aromatic rings. The molecule has 25 heavy (non-hydrogen) atoms. The van der Waals surface area contributed by atoms with Gasteiger partial charge in [-0.1, -0.05) is 0 Å². The number of halogens is 9. The van der Waals surface area contributed by atoms with Crippen LogP contribution in [0.2, 0.25) is 0 Å². The Morgan fingerprint density at radius 2 is 1.12 bits per heavy atom. The summed E-state index contributed by atoms with van der Waals surface area (Å²) in [5, 5.41) is 0. The van der Waals surface area contributed by atoms with Crippen molar-refractivity contribution in [3.63, 3.8) is 0 Å². The van der Waals surface area contributed by atoms with Crippen LogP contribution in [-0.4, -0.2) is 23.7 Å². The molecule has 0 unspecified atom stereocenters. The average molecular weight is 416 g/mol. The van der Waals surface area contributed by atoms with Gasteiger partial charge in [0.05, 0.1) is 0 Å². The maximum absolute atomic E-state index is 12.2. The molecule has 12 heteroatoms. The summed E-state index contributed by atoms with van der Waals surface area (Å²) >= 11 is 0. The van der Waals surface area contributed by atoms with Gasteiger partial charge in [-0.2, -0.15) is 26.3 Å². The van der Waals surface area contributed by atoms with Crippen LogP contribution in [-0.2, 0) is 26.4 Å². The number of alkyl halides is 8. The maximum atomic E-state index is 12.2. The largest absolute Gasteiger partial charge is 0.999 e. The van der Waals surface area contributed by atoms with Crippen LogP contribution in [0.1, 0.15) is 0 Å². The molecular formula is C13HF9FeO2-6. The SMILES string of the molecule is FC1=[C-]C(F)(F)C(F)(F)C(F)(F)C1(F)F.[C-]#[O+].[C-]#[O+].[Fe].[c-]1[c-][c-][cH-][c-]1. The van der Waals surface area contributed by atoms with E-state index >= 15 is 0 Å². The summed E-state index contributed by atoms with van der Waals surface area (Å²) in [6.45, 7) is 9.00. The number of hydrogen-bond acceptors (Lipinski definition) is 0. The van der Waals surface area contributed by atoms with Crippen LogP contribution in [0.4, 0.5) is 39.5 Å². The fraction of sp³-hybridized carbons (Fsp3) is 0.308. The van der Waals surface area contributed by atoms with E-state index in [9.17, 15) is 39.5 Å². The van der Waals surface area contributed by atoms with Crippen molar-refractivity contribution in [2.75, 3.05) is 0 Å². The molecule has 0 aromatic heterocycles.